The van der Waals surface area contributed by atoms with Crippen molar-refractivity contribution in [2.75, 3.05) is 20.2 Å². The van der Waals surface area contributed by atoms with Crippen molar-refractivity contribution in [3.05, 3.63) is 22.7 Å². The lowest BCUT2D eigenvalue weighted by molar-refractivity contribution is 0.250. The standard InChI is InChI=1S/C14H21BrN2O3S/c1-10(16)11-5-7-17(8-6-11)21(18,19)12-3-4-14(20-2)13(15)9-12/h3-4,9-11H,5-8,16H2,1-2H3. The summed E-state index contributed by atoms with van der Waals surface area (Å²) in [6.07, 6.45) is 1.63. The zero-order valence-corrected chi connectivity index (χ0v) is 14.7. The number of nitrogens with two attached hydrogens (primary N) is 1. The molecule has 1 aliphatic heterocycles. The van der Waals surface area contributed by atoms with E-state index < -0.39 is 10.0 Å². The number of ether oxygens (including phenoxy) is 1. The molecule has 21 heavy (non-hydrogen) atoms. The minimum atomic E-state index is -3.45. The molecule has 1 aliphatic rings. The fraction of sp³-hybridized carbons (Fsp3) is 0.571. The van der Waals surface area contributed by atoms with Gasteiger partial charge in [0.15, 0.2) is 0 Å². The van der Waals surface area contributed by atoms with Gasteiger partial charge < -0.3 is 10.5 Å². The van der Waals surface area contributed by atoms with E-state index in [2.05, 4.69) is 15.9 Å². The Kier molecular flexibility index (Phi) is 5.29. The molecular formula is C14H21BrN2O3S. The van der Waals surface area contributed by atoms with Crippen molar-refractivity contribution in [2.24, 2.45) is 11.7 Å². The van der Waals surface area contributed by atoms with Gasteiger partial charge in [0.05, 0.1) is 16.5 Å². The molecule has 1 heterocycles. The number of nitrogens with zero attached hydrogens (tertiary/aromatic N) is 1. The molecule has 1 aromatic carbocycles. The second-order valence-corrected chi connectivity index (χ2v) is 8.19. The molecule has 118 valence electrons. The van der Waals surface area contributed by atoms with Crippen LogP contribution in [0.3, 0.4) is 0 Å². The molecule has 0 bridgehead atoms. The van der Waals surface area contributed by atoms with Gasteiger partial charge in [-0.15, -0.1) is 0 Å². The average Bonchev–Trinajstić information content (AvgIpc) is 2.47. The first-order valence-corrected chi connectivity index (χ1v) is 9.19. The lowest BCUT2D eigenvalue weighted by Gasteiger charge is -2.33. The van der Waals surface area contributed by atoms with Gasteiger partial charge in [-0.2, -0.15) is 4.31 Å². The van der Waals surface area contributed by atoms with E-state index >= 15 is 0 Å². The summed E-state index contributed by atoms with van der Waals surface area (Å²) in [5, 5.41) is 0. The number of halogens is 1. The van der Waals surface area contributed by atoms with Gasteiger partial charge in [-0.25, -0.2) is 8.42 Å². The number of benzene rings is 1. The molecule has 0 aliphatic carbocycles. The number of piperidine rings is 1. The Hall–Kier alpha value is -0.630. The van der Waals surface area contributed by atoms with Crippen molar-refractivity contribution < 1.29 is 13.2 Å². The molecule has 1 saturated heterocycles. The Morgan fingerprint density at radius 2 is 2.00 bits per heavy atom. The Balaban J connectivity index is 2.17. The van der Waals surface area contributed by atoms with E-state index in [4.69, 9.17) is 10.5 Å². The van der Waals surface area contributed by atoms with Crippen LogP contribution in [0, 0.1) is 5.92 Å². The molecular weight excluding hydrogens is 356 g/mol. The summed E-state index contributed by atoms with van der Waals surface area (Å²) in [5.74, 6) is 1.02. The summed E-state index contributed by atoms with van der Waals surface area (Å²) >= 11 is 3.33. The van der Waals surface area contributed by atoms with Crippen molar-refractivity contribution >= 4 is 26.0 Å². The van der Waals surface area contributed by atoms with Crippen molar-refractivity contribution in [1.82, 2.24) is 4.31 Å². The van der Waals surface area contributed by atoms with Gasteiger partial charge in [0, 0.05) is 19.1 Å². The predicted molar refractivity (Wildman–Crippen MR) is 85.8 cm³/mol. The van der Waals surface area contributed by atoms with Gasteiger partial charge in [0.1, 0.15) is 5.75 Å². The Morgan fingerprint density at radius 3 is 2.48 bits per heavy atom. The monoisotopic (exact) mass is 376 g/mol. The van der Waals surface area contributed by atoms with Crippen LogP contribution >= 0.6 is 15.9 Å². The largest absolute Gasteiger partial charge is 0.496 e. The van der Waals surface area contributed by atoms with Crippen molar-refractivity contribution in [1.29, 1.82) is 0 Å². The Bertz CT molecular complexity index is 596. The maximum atomic E-state index is 12.6. The van der Waals surface area contributed by atoms with E-state index in [-0.39, 0.29) is 10.9 Å². The molecule has 5 nitrogen and oxygen atoms in total. The molecule has 2 rings (SSSR count). The van der Waals surface area contributed by atoms with Crippen LogP contribution in [0.5, 0.6) is 5.75 Å². The first kappa shape index (κ1) is 16.7. The van der Waals surface area contributed by atoms with E-state index in [1.807, 2.05) is 6.92 Å². The lowest BCUT2D eigenvalue weighted by Crippen LogP contribution is -2.42. The quantitative estimate of drug-likeness (QED) is 0.873. The normalized spacial score (nSPS) is 19.4. The highest BCUT2D eigenvalue weighted by Gasteiger charge is 2.30. The highest BCUT2D eigenvalue weighted by atomic mass is 79.9. The van der Waals surface area contributed by atoms with Crippen molar-refractivity contribution in [3.8, 4) is 5.75 Å². The van der Waals surface area contributed by atoms with Crippen molar-refractivity contribution in [2.45, 2.75) is 30.7 Å². The minimum Gasteiger partial charge on any atom is -0.496 e. The topological polar surface area (TPSA) is 72.6 Å². The van der Waals surface area contributed by atoms with E-state index in [1.54, 1.807) is 29.6 Å². The third-order valence-corrected chi connectivity index (χ3v) is 6.52. The van der Waals surface area contributed by atoms with Gasteiger partial charge in [0.2, 0.25) is 10.0 Å². The zero-order valence-electron chi connectivity index (χ0n) is 12.3. The number of methoxy groups -OCH3 is 1. The van der Waals surface area contributed by atoms with Gasteiger partial charge >= 0.3 is 0 Å². The molecule has 0 aromatic heterocycles. The molecule has 1 atom stereocenters. The molecule has 0 radical (unpaired) electrons. The van der Waals surface area contributed by atoms with Crippen LogP contribution < -0.4 is 10.5 Å². The van der Waals surface area contributed by atoms with Crippen LogP contribution in [0.1, 0.15) is 19.8 Å². The SMILES string of the molecule is COc1ccc(S(=O)(=O)N2CCC(C(C)N)CC2)cc1Br. The molecule has 7 heteroatoms. The third-order valence-electron chi connectivity index (χ3n) is 4.00. The van der Waals surface area contributed by atoms with Crippen LogP contribution in [0.2, 0.25) is 0 Å². The number of sulfonamides is 1. The second-order valence-electron chi connectivity index (χ2n) is 5.40. The second kappa shape index (κ2) is 6.64. The van der Waals surface area contributed by atoms with Crippen LogP contribution in [0.25, 0.3) is 0 Å². The predicted octanol–water partition coefficient (Wildman–Crippen LogP) is 2.21. The number of rotatable bonds is 4. The Labute approximate surface area is 134 Å². The van der Waals surface area contributed by atoms with E-state index in [0.717, 1.165) is 12.8 Å². The summed E-state index contributed by atoms with van der Waals surface area (Å²) in [6.45, 7) is 3.03. The van der Waals surface area contributed by atoms with Crippen LogP contribution in [-0.4, -0.2) is 39.0 Å². The van der Waals surface area contributed by atoms with Gasteiger partial charge in [-0.1, -0.05) is 0 Å². The van der Waals surface area contributed by atoms with Crippen LogP contribution in [0.4, 0.5) is 0 Å². The average molecular weight is 377 g/mol. The van der Waals surface area contributed by atoms with E-state index in [0.29, 0.717) is 29.2 Å². The van der Waals surface area contributed by atoms with Gasteiger partial charge in [0.25, 0.3) is 0 Å². The maximum Gasteiger partial charge on any atom is 0.243 e. The summed E-state index contributed by atoms with van der Waals surface area (Å²) < 4.78 is 32.6. The van der Waals surface area contributed by atoms with Crippen molar-refractivity contribution in [3.63, 3.8) is 0 Å². The molecule has 0 amide bonds. The molecule has 1 unspecified atom stereocenters. The maximum absolute atomic E-state index is 12.6. The number of hydrogen-bond acceptors (Lipinski definition) is 4. The lowest BCUT2D eigenvalue weighted by atomic mass is 9.92. The highest BCUT2D eigenvalue weighted by Crippen LogP contribution is 2.30. The summed E-state index contributed by atoms with van der Waals surface area (Å²) in [4.78, 5) is 0.287. The molecule has 2 N–H and O–H groups in total. The summed E-state index contributed by atoms with van der Waals surface area (Å²) in [7, 11) is -1.90. The zero-order chi connectivity index (χ0) is 15.6. The molecule has 1 fully saturated rings. The van der Waals surface area contributed by atoms with E-state index in [1.165, 1.54) is 0 Å². The molecule has 0 saturated carbocycles. The molecule has 1 aromatic rings. The fourth-order valence-electron chi connectivity index (χ4n) is 2.60. The highest BCUT2D eigenvalue weighted by molar-refractivity contribution is 9.10. The minimum absolute atomic E-state index is 0.116. The first-order chi connectivity index (χ1) is 9.86. The summed E-state index contributed by atoms with van der Waals surface area (Å²) in [6, 6.07) is 4.94. The smallest absolute Gasteiger partial charge is 0.243 e. The van der Waals surface area contributed by atoms with Crippen LogP contribution in [0.15, 0.2) is 27.6 Å². The van der Waals surface area contributed by atoms with E-state index in [9.17, 15) is 8.42 Å². The first-order valence-electron chi connectivity index (χ1n) is 6.95. The van der Waals surface area contributed by atoms with Crippen LogP contribution in [-0.2, 0) is 10.0 Å². The summed E-state index contributed by atoms with van der Waals surface area (Å²) in [5.41, 5.74) is 5.90. The molecule has 0 spiro atoms. The number of hydrogen-bond donors (Lipinski definition) is 1. The Morgan fingerprint density at radius 1 is 1.38 bits per heavy atom. The van der Waals surface area contributed by atoms with Gasteiger partial charge in [-0.05, 0) is 59.8 Å². The fourth-order valence-corrected chi connectivity index (χ4v) is 4.79. The van der Waals surface area contributed by atoms with Gasteiger partial charge in [-0.3, -0.25) is 0 Å². The third kappa shape index (κ3) is 3.59.